The first kappa shape index (κ1) is 16.2. The number of Topliss-reactive ketones (excluding diaryl/α,β-unsaturated/α-hetero) is 1. The standard InChI is InChI=1S/C19H20N2O3/c1-11-9-12(2)21(16-7-8-16)19(24)17(11)18(23)20-15-6-4-5-14(10-15)13(3)22/h4-6,9-10,16H,7-8H2,1-3H3,(H,20,23). The third-order valence-corrected chi connectivity index (χ3v) is 4.30. The molecule has 124 valence electrons. The van der Waals surface area contributed by atoms with E-state index in [-0.39, 0.29) is 22.9 Å². The van der Waals surface area contributed by atoms with E-state index in [0.717, 1.165) is 18.5 Å². The summed E-state index contributed by atoms with van der Waals surface area (Å²) >= 11 is 0. The van der Waals surface area contributed by atoms with Gasteiger partial charge in [-0.1, -0.05) is 12.1 Å². The van der Waals surface area contributed by atoms with Crippen molar-refractivity contribution < 1.29 is 9.59 Å². The third kappa shape index (κ3) is 3.02. The summed E-state index contributed by atoms with van der Waals surface area (Å²) in [6, 6.07) is 8.80. The molecule has 0 aliphatic heterocycles. The van der Waals surface area contributed by atoms with Crippen LogP contribution in [-0.2, 0) is 0 Å². The molecule has 1 amide bonds. The van der Waals surface area contributed by atoms with E-state index in [9.17, 15) is 14.4 Å². The van der Waals surface area contributed by atoms with Gasteiger partial charge in [0.25, 0.3) is 11.5 Å². The maximum absolute atomic E-state index is 12.7. The molecule has 0 spiro atoms. The van der Waals surface area contributed by atoms with E-state index in [1.54, 1.807) is 35.8 Å². The zero-order valence-electron chi connectivity index (χ0n) is 14.1. The molecule has 1 N–H and O–H groups in total. The first-order valence-electron chi connectivity index (χ1n) is 8.03. The van der Waals surface area contributed by atoms with Crippen LogP contribution in [0.25, 0.3) is 0 Å². The number of carbonyl (C=O) groups is 2. The Morgan fingerprint density at radius 3 is 2.50 bits per heavy atom. The zero-order chi connectivity index (χ0) is 17.4. The van der Waals surface area contributed by atoms with Crippen LogP contribution >= 0.6 is 0 Å². The molecule has 1 aromatic carbocycles. The lowest BCUT2D eigenvalue weighted by molar-refractivity contribution is 0.101. The molecular weight excluding hydrogens is 304 g/mol. The van der Waals surface area contributed by atoms with Crippen LogP contribution in [0, 0.1) is 13.8 Å². The van der Waals surface area contributed by atoms with E-state index in [2.05, 4.69) is 5.32 Å². The van der Waals surface area contributed by atoms with Crippen molar-refractivity contribution >= 4 is 17.4 Å². The number of aromatic nitrogens is 1. The number of nitrogens with one attached hydrogen (secondary N) is 1. The van der Waals surface area contributed by atoms with Crippen LogP contribution in [0.4, 0.5) is 5.69 Å². The fourth-order valence-electron chi connectivity index (χ4n) is 2.98. The van der Waals surface area contributed by atoms with Crippen molar-refractivity contribution in [1.29, 1.82) is 0 Å². The average Bonchev–Trinajstić information content (AvgIpc) is 3.31. The minimum atomic E-state index is -0.437. The van der Waals surface area contributed by atoms with E-state index < -0.39 is 5.91 Å². The van der Waals surface area contributed by atoms with Crippen LogP contribution in [0.3, 0.4) is 0 Å². The van der Waals surface area contributed by atoms with Gasteiger partial charge in [0.05, 0.1) is 0 Å². The van der Waals surface area contributed by atoms with Gasteiger partial charge in [-0.3, -0.25) is 14.4 Å². The smallest absolute Gasteiger partial charge is 0.264 e. The summed E-state index contributed by atoms with van der Waals surface area (Å²) in [6.45, 7) is 5.14. The van der Waals surface area contributed by atoms with E-state index in [0.29, 0.717) is 16.8 Å². The Kier molecular flexibility index (Phi) is 4.09. The summed E-state index contributed by atoms with van der Waals surface area (Å²) in [5.74, 6) is -0.513. The Morgan fingerprint density at radius 2 is 1.88 bits per heavy atom. The van der Waals surface area contributed by atoms with Gasteiger partial charge in [0.15, 0.2) is 5.78 Å². The highest BCUT2D eigenvalue weighted by Gasteiger charge is 2.28. The van der Waals surface area contributed by atoms with Gasteiger partial charge < -0.3 is 9.88 Å². The van der Waals surface area contributed by atoms with Gasteiger partial charge in [-0.2, -0.15) is 0 Å². The Hall–Kier alpha value is -2.69. The van der Waals surface area contributed by atoms with Crippen molar-refractivity contribution in [2.24, 2.45) is 0 Å². The zero-order valence-corrected chi connectivity index (χ0v) is 14.1. The molecule has 0 unspecified atom stereocenters. The lowest BCUT2D eigenvalue weighted by atomic mass is 10.1. The van der Waals surface area contributed by atoms with Gasteiger partial charge in [-0.05, 0) is 57.4 Å². The molecule has 1 aliphatic rings. The summed E-state index contributed by atoms with van der Waals surface area (Å²) in [4.78, 5) is 36.8. The predicted octanol–water partition coefficient (Wildman–Crippen LogP) is 3.25. The van der Waals surface area contributed by atoms with E-state index in [4.69, 9.17) is 0 Å². The molecule has 1 fully saturated rings. The largest absolute Gasteiger partial charge is 0.322 e. The first-order valence-corrected chi connectivity index (χ1v) is 8.03. The Balaban J connectivity index is 1.96. The molecule has 0 atom stereocenters. The highest BCUT2D eigenvalue weighted by Crippen LogP contribution is 2.34. The van der Waals surface area contributed by atoms with Crippen LogP contribution in [-0.4, -0.2) is 16.3 Å². The molecule has 5 nitrogen and oxygen atoms in total. The molecule has 0 radical (unpaired) electrons. The fourth-order valence-corrected chi connectivity index (χ4v) is 2.98. The molecule has 2 aromatic rings. The predicted molar refractivity (Wildman–Crippen MR) is 92.8 cm³/mol. The van der Waals surface area contributed by atoms with Gasteiger partial charge in [-0.25, -0.2) is 0 Å². The Morgan fingerprint density at radius 1 is 1.17 bits per heavy atom. The quantitative estimate of drug-likeness (QED) is 0.878. The fraction of sp³-hybridized carbons (Fsp3) is 0.316. The SMILES string of the molecule is CC(=O)c1cccc(NC(=O)c2c(C)cc(C)n(C3CC3)c2=O)c1. The first-order chi connectivity index (χ1) is 11.4. The number of amides is 1. The van der Waals surface area contributed by atoms with Crippen LogP contribution in [0.5, 0.6) is 0 Å². The summed E-state index contributed by atoms with van der Waals surface area (Å²) in [7, 11) is 0. The van der Waals surface area contributed by atoms with Crippen LogP contribution in [0.2, 0.25) is 0 Å². The third-order valence-electron chi connectivity index (χ3n) is 4.30. The van der Waals surface area contributed by atoms with Crippen molar-refractivity contribution in [1.82, 2.24) is 4.57 Å². The van der Waals surface area contributed by atoms with Gasteiger partial charge in [0.1, 0.15) is 5.56 Å². The molecule has 3 rings (SSSR count). The molecule has 0 saturated heterocycles. The van der Waals surface area contributed by atoms with Crippen molar-refractivity contribution in [3.05, 3.63) is 63.1 Å². The second kappa shape index (κ2) is 6.07. The molecule has 1 aliphatic carbocycles. The van der Waals surface area contributed by atoms with Gasteiger partial charge in [-0.15, -0.1) is 0 Å². The highest BCUT2D eigenvalue weighted by molar-refractivity contribution is 6.05. The number of anilines is 1. The summed E-state index contributed by atoms with van der Waals surface area (Å²) in [5, 5.41) is 2.74. The van der Waals surface area contributed by atoms with Gasteiger partial charge >= 0.3 is 0 Å². The normalized spacial score (nSPS) is 13.6. The van der Waals surface area contributed by atoms with Crippen molar-refractivity contribution in [2.45, 2.75) is 39.7 Å². The second-order valence-corrected chi connectivity index (χ2v) is 6.34. The number of aryl methyl sites for hydroxylation is 2. The minimum Gasteiger partial charge on any atom is -0.322 e. The monoisotopic (exact) mass is 324 g/mol. The van der Waals surface area contributed by atoms with Crippen molar-refractivity contribution in [2.75, 3.05) is 5.32 Å². The molecule has 1 saturated carbocycles. The number of nitrogens with zero attached hydrogens (tertiary/aromatic N) is 1. The summed E-state index contributed by atoms with van der Waals surface area (Å²) in [6.07, 6.45) is 1.96. The molecule has 24 heavy (non-hydrogen) atoms. The van der Waals surface area contributed by atoms with Crippen molar-refractivity contribution in [3.63, 3.8) is 0 Å². The van der Waals surface area contributed by atoms with Gasteiger partial charge in [0.2, 0.25) is 0 Å². The number of hydrogen-bond donors (Lipinski definition) is 1. The maximum atomic E-state index is 12.7. The van der Waals surface area contributed by atoms with E-state index in [1.807, 2.05) is 13.0 Å². The van der Waals surface area contributed by atoms with Crippen LogP contribution in [0.1, 0.15) is 57.8 Å². The second-order valence-electron chi connectivity index (χ2n) is 6.34. The summed E-state index contributed by atoms with van der Waals surface area (Å²) < 4.78 is 1.72. The number of rotatable bonds is 4. The lowest BCUT2D eigenvalue weighted by Crippen LogP contribution is -2.31. The van der Waals surface area contributed by atoms with E-state index in [1.165, 1.54) is 6.92 Å². The molecule has 1 aromatic heterocycles. The van der Waals surface area contributed by atoms with Crippen molar-refractivity contribution in [3.8, 4) is 0 Å². The Bertz CT molecular complexity index is 892. The van der Waals surface area contributed by atoms with Crippen LogP contribution in [0.15, 0.2) is 35.1 Å². The number of benzene rings is 1. The number of hydrogen-bond acceptors (Lipinski definition) is 3. The topological polar surface area (TPSA) is 68.2 Å². The average molecular weight is 324 g/mol. The summed E-state index contributed by atoms with van der Waals surface area (Å²) in [5.41, 5.74) is 2.49. The number of pyridine rings is 1. The molecule has 1 heterocycles. The number of ketones is 1. The van der Waals surface area contributed by atoms with E-state index >= 15 is 0 Å². The molecule has 5 heteroatoms. The lowest BCUT2D eigenvalue weighted by Gasteiger charge is -2.14. The highest BCUT2D eigenvalue weighted by atomic mass is 16.2. The van der Waals surface area contributed by atoms with Crippen LogP contribution < -0.4 is 10.9 Å². The maximum Gasteiger partial charge on any atom is 0.264 e. The Labute approximate surface area is 140 Å². The molecular formula is C19H20N2O3. The number of carbonyl (C=O) groups excluding carboxylic acids is 2. The molecule has 0 bridgehead atoms. The van der Waals surface area contributed by atoms with Gasteiger partial charge in [0, 0.05) is 23.0 Å². The minimum absolute atomic E-state index is 0.0753.